The van der Waals surface area contributed by atoms with E-state index in [0.29, 0.717) is 10.6 Å². The molecular formula is C12H14ClNO4. The highest BCUT2D eigenvalue weighted by Gasteiger charge is 2.20. The number of rotatable bonds is 5. The van der Waals surface area contributed by atoms with Crippen LogP contribution in [0.5, 0.6) is 0 Å². The first kappa shape index (κ1) is 14.5. The van der Waals surface area contributed by atoms with Gasteiger partial charge in [-0.3, -0.25) is 4.79 Å². The Bertz CT molecular complexity index is 441. The molecule has 18 heavy (non-hydrogen) atoms. The van der Waals surface area contributed by atoms with Crippen molar-refractivity contribution in [2.24, 2.45) is 0 Å². The van der Waals surface area contributed by atoms with Crippen LogP contribution in [0.25, 0.3) is 0 Å². The van der Waals surface area contributed by atoms with Crippen molar-refractivity contribution in [3.05, 3.63) is 34.3 Å². The van der Waals surface area contributed by atoms with Crippen LogP contribution in [-0.2, 0) is 9.53 Å². The number of amides is 1. The molecule has 1 aromatic carbocycles. The van der Waals surface area contributed by atoms with Gasteiger partial charge >= 0.3 is 5.97 Å². The lowest BCUT2D eigenvalue weighted by molar-refractivity contribution is -0.140. The van der Waals surface area contributed by atoms with Gasteiger partial charge in [-0.2, -0.15) is 0 Å². The molecule has 1 amide bonds. The molecule has 0 aliphatic rings. The molecule has 0 saturated heterocycles. The molecule has 1 atom stereocenters. The number of hydrogen-bond donors (Lipinski definition) is 2. The second kappa shape index (κ2) is 6.37. The van der Waals surface area contributed by atoms with Crippen LogP contribution < -0.4 is 5.32 Å². The highest BCUT2D eigenvalue weighted by molar-refractivity contribution is 6.31. The summed E-state index contributed by atoms with van der Waals surface area (Å²) in [6.45, 7) is 1.70. The van der Waals surface area contributed by atoms with E-state index in [2.05, 4.69) is 5.32 Å². The molecule has 1 rings (SSSR count). The first-order valence-electron chi connectivity index (χ1n) is 5.24. The van der Waals surface area contributed by atoms with Gasteiger partial charge in [0.15, 0.2) is 6.04 Å². The molecule has 0 bridgehead atoms. The highest BCUT2D eigenvalue weighted by atomic mass is 35.5. The van der Waals surface area contributed by atoms with Gasteiger partial charge in [-0.25, -0.2) is 4.79 Å². The average molecular weight is 272 g/mol. The predicted molar refractivity (Wildman–Crippen MR) is 67.0 cm³/mol. The number of hydrogen-bond acceptors (Lipinski definition) is 3. The fourth-order valence-corrected chi connectivity index (χ4v) is 1.74. The van der Waals surface area contributed by atoms with Crippen molar-refractivity contribution in [1.82, 2.24) is 5.32 Å². The van der Waals surface area contributed by atoms with Crippen LogP contribution >= 0.6 is 11.6 Å². The standard InChI is InChI=1S/C12H14ClNO4/c1-7-3-8(5-9(13)4-7)11(15)14-10(6-18-2)12(16)17/h3-5,10H,6H2,1-2H3,(H,14,15)(H,16,17). The van der Waals surface area contributed by atoms with Crippen molar-refractivity contribution in [1.29, 1.82) is 0 Å². The molecule has 2 N–H and O–H groups in total. The number of aryl methyl sites for hydroxylation is 1. The fraction of sp³-hybridized carbons (Fsp3) is 0.333. The van der Waals surface area contributed by atoms with E-state index in [1.54, 1.807) is 19.1 Å². The van der Waals surface area contributed by atoms with Gasteiger partial charge in [0, 0.05) is 17.7 Å². The number of aliphatic carboxylic acids is 1. The molecule has 5 nitrogen and oxygen atoms in total. The van der Waals surface area contributed by atoms with Gasteiger partial charge < -0.3 is 15.2 Å². The Kier molecular flexibility index (Phi) is 5.12. The molecule has 0 radical (unpaired) electrons. The number of methoxy groups -OCH3 is 1. The van der Waals surface area contributed by atoms with Crippen molar-refractivity contribution in [2.75, 3.05) is 13.7 Å². The van der Waals surface area contributed by atoms with Crippen molar-refractivity contribution in [3.8, 4) is 0 Å². The smallest absolute Gasteiger partial charge is 0.328 e. The molecule has 0 heterocycles. The summed E-state index contributed by atoms with van der Waals surface area (Å²) in [4.78, 5) is 22.7. The second-order valence-electron chi connectivity index (χ2n) is 3.84. The highest BCUT2D eigenvalue weighted by Crippen LogP contribution is 2.14. The van der Waals surface area contributed by atoms with E-state index in [1.807, 2.05) is 0 Å². The third-order valence-corrected chi connectivity index (χ3v) is 2.46. The molecule has 1 aromatic rings. The van der Waals surface area contributed by atoms with Gasteiger partial charge in [0.1, 0.15) is 0 Å². The van der Waals surface area contributed by atoms with E-state index in [0.717, 1.165) is 5.56 Å². The van der Waals surface area contributed by atoms with Crippen molar-refractivity contribution in [3.63, 3.8) is 0 Å². The van der Waals surface area contributed by atoms with Crippen LogP contribution in [0.1, 0.15) is 15.9 Å². The number of carbonyl (C=O) groups is 2. The van der Waals surface area contributed by atoms with Crippen molar-refractivity contribution >= 4 is 23.5 Å². The Hall–Kier alpha value is -1.59. The normalized spacial score (nSPS) is 11.9. The quantitative estimate of drug-likeness (QED) is 0.850. The Labute approximate surface area is 110 Å². The summed E-state index contributed by atoms with van der Waals surface area (Å²) in [6.07, 6.45) is 0. The number of carboxylic acids is 1. The van der Waals surface area contributed by atoms with Gasteiger partial charge in [-0.15, -0.1) is 0 Å². The first-order valence-corrected chi connectivity index (χ1v) is 5.61. The van der Waals surface area contributed by atoms with Crippen LogP contribution in [0, 0.1) is 6.92 Å². The Morgan fingerprint density at radius 1 is 1.44 bits per heavy atom. The second-order valence-corrected chi connectivity index (χ2v) is 4.27. The molecule has 0 aliphatic carbocycles. The number of carbonyl (C=O) groups excluding carboxylic acids is 1. The summed E-state index contributed by atoms with van der Waals surface area (Å²) in [6, 6.07) is 3.74. The third-order valence-electron chi connectivity index (χ3n) is 2.24. The Morgan fingerprint density at radius 3 is 2.61 bits per heavy atom. The summed E-state index contributed by atoms with van der Waals surface area (Å²) >= 11 is 5.83. The predicted octanol–water partition coefficient (Wildman–Crippen LogP) is 1.48. The van der Waals surface area contributed by atoms with Gasteiger partial charge in [-0.1, -0.05) is 11.6 Å². The summed E-state index contributed by atoms with van der Waals surface area (Å²) < 4.78 is 4.73. The molecule has 98 valence electrons. The minimum Gasteiger partial charge on any atom is -0.480 e. The topological polar surface area (TPSA) is 75.6 Å². The molecule has 6 heteroatoms. The molecule has 0 spiro atoms. The summed E-state index contributed by atoms with van der Waals surface area (Å²) in [7, 11) is 1.37. The molecule has 0 aromatic heterocycles. The lowest BCUT2D eigenvalue weighted by atomic mass is 10.1. The lowest BCUT2D eigenvalue weighted by Crippen LogP contribution is -2.43. The van der Waals surface area contributed by atoms with E-state index in [-0.39, 0.29) is 6.61 Å². The van der Waals surface area contributed by atoms with Crippen LogP contribution in [0.3, 0.4) is 0 Å². The van der Waals surface area contributed by atoms with E-state index in [1.165, 1.54) is 13.2 Å². The van der Waals surface area contributed by atoms with Crippen molar-refractivity contribution in [2.45, 2.75) is 13.0 Å². The minimum absolute atomic E-state index is 0.0966. The number of carboxylic acid groups (broad SMARTS) is 1. The van der Waals surface area contributed by atoms with Gasteiger partial charge in [0.05, 0.1) is 6.61 Å². The van der Waals surface area contributed by atoms with Crippen LogP contribution in [0.15, 0.2) is 18.2 Å². The zero-order valence-corrected chi connectivity index (χ0v) is 10.8. The SMILES string of the molecule is COCC(NC(=O)c1cc(C)cc(Cl)c1)C(=O)O. The van der Waals surface area contributed by atoms with E-state index < -0.39 is 17.9 Å². The van der Waals surface area contributed by atoms with Gasteiger partial charge in [0.2, 0.25) is 0 Å². The van der Waals surface area contributed by atoms with Gasteiger partial charge in [0.25, 0.3) is 5.91 Å². The molecule has 0 saturated carbocycles. The monoisotopic (exact) mass is 271 g/mol. The van der Waals surface area contributed by atoms with Crippen LogP contribution in [0.2, 0.25) is 5.02 Å². The van der Waals surface area contributed by atoms with Gasteiger partial charge in [-0.05, 0) is 30.7 Å². The first-order chi connectivity index (χ1) is 8.43. The molecule has 1 unspecified atom stereocenters. The zero-order valence-electron chi connectivity index (χ0n) is 10.1. The molecular weight excluding hydrogens is 258 g/mol. The third kappa shape index (κ3) is 4.01. The summed E-state index contributed by atoms with van der Waals surface area (Å²) in [5, 5.41) is 11.7. The molecule has 0 aliphatic heterocycles. The maximum absolute atomic E-state index is 11.9. The maximum atomic E-state index is 11.9. The van der Waals surface area contributed by atoms with Crippen LogP contribution in [-0.4, -0.2) is 36.7 Å². The Balaban J connectivity index is 2.83. The number of benzene rings is 1. The Morgan fingerprint density at radius 2 is 2.11 bits per heavy atom. The number of nitrogens with one attached hydrogen (secondary N) is 1. The maximum Gasteiger partial charge on any atom is 0.328 e. The van der Waals surface area contributed by atoms with E-state index in [4.69, 9.17) is 21.4 Å². The lowest BCUT2D eigenvalue weighted by Gasteiger charge is -2.13. The van der Waals surface area contributed by atoms with Crippen molar-refractivity contribution < 1.29 is 19.4 Å². The molecule has 0 fully saturated rings. The minimum atomic E-state index is -1.15. The number of ether oxygens (including phenoxy) is 1. The average Bonchev–Trinajstić information content (AvgIpc) is 2.26. The zero-order chi connectivity index (χ0) is 13.7. The number of halogens is 1. The van der Waals surface area contributed by atoms with E-state index >= 15 is 0 Å². The van der Waals surface area contributed by atoms with E-state index in [9.17, 15) is 9.59 Å². The fourth-order valence-electron chi connectivity index (χ4n) is 1.45. The largest absolute Gasteiger partial charge is 0.480 e. The summed E-state index contributed by atoms with van der Waals surface area (Å²) in [5.74, 6) is -1.64. The van der Waals surface area contributed by atoms with Crippen LogP contribution in [0.4, 0.5) is 0 Å². The summed E-state index contributed by atoms with van der Waals surface area (Å²) in [5.41, 5.74) is 1.15.